The molecule has 29 heavy (non-hydrogen) atoms. The SMILES string of the molecule is CCc1nc(C)nc(N2CCN(C(=O)C(C)(C)C)CC2)c1Cc1ccc(C)cc1. The van der Waals surface area contributed by atoms with Crippen LogP contribution >= 0.6 is 0 Å². The molecule has 1 aromatic carbocycles. The minimum Gasteiger partial charge on any atom is -0.353 e. The van der Waals surface area contributed by atoms with E-state index in [0.29, 0.717) is 0 Å². The Bertz CT molecular complexity index is 860. The molecule has 1 aromatic heterocycles. The van der Waals surface area contributed by atoms with Crippen molar-refractivity contribution in [3.05, 3.63) is 52.5 Å². The first-order chi connectivity index (χ1) is 13.7. The Kier molecular flexibility index (Phi) is 6.25. The topological polar surface area (TPSA) is 49.3 Å². The molecule has 0 aliphatic carbocycles. The van der Waals surface area contributed by atoms with E-state index in [0.717, 1.165) is 56.4 Å². The van der Waals surface area contributed by atoms with Gasteiger partial charge in [-0.2, -0.15) is 0 Å². The van der Waals surface area contributed by atoms with Crippen LogP contribution in [0.15, 0.2) is 24.3 Å². The van der Waals surface area contributed by atoms with E-state index >= 15 is 0 Å². The third-order valence-corrected chi connectivity index (χ3v) is 5.53. The Morgan fingerprint density at radius 1 is 1.00 bits per heavy atom. The number of amides is 1. The fourth-order valence-corrected chi connectivity index (χ4v) is 3.88. The number of hydrogen-bond acceptors (Lipinski definition) is 4. The average Bonchev–Trinajstić information content (AvgIpc) is 2.69. The molecular weight excluding hydrogens is 360 g/mol. The highest BCUT2D eigenvalue weighted by Gasteiger charge is 2.31. The van der Waals surface area contributed by atoms with Gasteiger partial charge in [0.25, 0.3) is 0 Å². The second kappa shape index (κ2) is 8.52. The van der Waals surface area contributed by atoms with Crippen molar-refractivity contribution in [3.63, 3.8) is 0 Å². The Morgan fingerprint density at radius 3 is 2.17 bits per heavy atom. The van der Waals surface area contributed by atoms with E-state index in [4.69, 9.17) is 9.97 Å². The van der Waals surface area contributed by atoms with Crippen LogP contribution in [-0.4, -0.2) is 47.0 Å². The van der Waals surface area contributed by atoms with E-state index < -0.39 is 0 Å². The molecule has 1 amide bonds. The standard InChI is InChI=1S/C24H34N4O/c1-7-21-20(16-19-10-8-17(2)9-11-19)22(26-18(3)25-21)27-12-14-28(15-13-27)23(29)24(4,5)6/h8-11H,7,12-16H2,1-6H3. The van der Waals surface area contributed by atoms with Crippen molar-refractivity contribution in [1.82, 2.24) is 14.9 Å². The van der Waals surface area contributed by atoms with Crippen LogP contribution in [0.3, 0.4) is 0 Å². The zero-order valence-corrected chi connectivity index (χ0v) is 18.7. The van der Waals surface area contributed by atoms with Crippen LogP contribution in [0.4, 0.5) is 5.82 Å². The van der Waals surface area contributed by atoms with Gasteiger partial charge in [-0.05, 0) is 25.8 Å². The number of piperazine rings is 1. The van der Waals surface area contributed by atoms with Gasteiger partial charge in [-0.15, -0.1) is 0 Å². The van der Waals surface area contributed by atoms with E-state index in [1.54, 1.807) is 0 Å². The van der Waals surface area contributed by atoms with Gasteiger partial charge in [0, 0.05) is 49.3 Å². The Morgan fingerprint density at radius 2 is 1.62 bits per heavy atom. The van der Waals surface area contributed by atoms with Crippen LogP contribution in [0, 0.1) is 19.3 Å². The maximum Gasteiger partial charge on any atom is 0.228 e. The molecule has 1 aliphatic heterocycles. The molecule has 1 aliphatic rings. The maximum atomic E-state index is 12.6. The minimum absolute atomic E-state index is 0.227. The van der Waals surface area contributed by atoms with Crippen molar-refractivity contribution in [3.8, 4) is 0 Å². The summed E-state index contributed by atoms with van der Waals surface area (Å²) in [6.07, 6.45) is 1.72. The van der Waals surface area contributed by atoms with Gasteiger partial charge in [-0.25, -0.2) is 9.97 Å². The fourth-order valence-electron chi connectivity index (χ4n) is 3.88. The number of nitrogens with zero attached hydrogens (tertiary/aromatic N) is 4. The highest BCUT2D eigenvalue weighted by Crippen LogP contribution is 2.27. The number of carbonyl (C=O) groups is 1. The molecule has 3 rings (SSSR count). The molecule has 2 aromatic rings. The van der Waals surface area contributed by atoms with Crippen LogP contribution in [0.25, 0.3) is 0 Å². The first kappa shape index (κ1) is 21.3. The molecule has 1 fully saturated rings. The van der Waals surface area contributed by atoms with Gasteiger partial charge in [-0.1, -0.05) is 57.5 Å². The number of aryl methyl sites for hydroxylation is 3. The molecular formula is C24H34N4O. The average molecular weight is 395 g/mol. The van der Waals surface area contributed by atoms with E-state index in [-0.39, 0.29) is 11.3 Å². The van der Waals surface area contributed by atoms with Crippen molar-refractivity contribution in [1.29, 1.82) is 0 Å². The van der Waals surface area contributed by atoms with E-state index in [9.17, 15) is 4.79 Å². The van der Waals surface area contributed by atoms with Crippen LogP contribution in [0.1, 0.15) is 55.9 Å². The van der Waals surface area contributed by atoms with Gasteiger partial charge in [0.1, 0.15) is 11.6 Å². The number of rotatable bonds is 4. The monoisotopic (exact) mass is 394 g/mol. The smallest absolute Gasteiger partial charge is 0.228 e. The lowest BCUT2D eigenvalue weighted by Gasteiger charge is -2.39. The summed E-state index contributed by atoms with van der Waals surface area (Å²) >= 11 is 0. The van der Waals surface area contributed by atoms with Crippen molar-refractivity contribution in [2.24, 2.45) is 5.41 Å². The Hall–Kier alpha value is -2.43. The molecule has 156 valence electrons. The summed E-state index contributed by atoms with van der Waals surface area (Å²) in [6.45, 7) is 15.3. The summed E-state index contributed by atoms with van der Waals surface area (Å²) in [5.74, 6) is 2.08. The van der Waals surface area contributed by atoms with Gasteiger partial charge in [0.05, 0.1) is 0 Å². The lowest BCUT2D eigenvalue weighted by Crippen LogP contribution is -2.52. The number of anilines is 1. The van der Waals surface area contributed by atoms with Crippen LogP contribution in [0.5, 0.6) is 0 Å². The highest BCUT2D eigenvalue weighted by molar-refractivity contribution is 5.81. The first-order valence-electron chi connectivity index (χ1n) is 10.6. The second-order valence-electron chi connectivity index (χ2n) is 9.06. The molecule has 0 bridgehead atoms. The largest absolute Gasteiger partial charge is 0.353 e. The molecule has 5 heteroatoms. The predicted molar refractivity (Wildman–Crippen MR) is 118 cm³/mol. The van der Waals surface area contributed by atoms with Crippen molar-refractivity contribution in [2.45, 2.75) is 54.4 Å². The zero-order valence-electron chi connectivity index (χ0n) is 18.7. The van der Waals surface area contributed by atoms with Crippen LogP contribution in [-0.2, 0) is 17.6 Å². The zero-order chi connectivity index (χ0) is 21.2. The van der Waals surface area contributed by atoms with Crippen LogP contribution < -0.4 is 4.90 Å². The third kappa shape index (κ3) is 4.95. The summed E-state index contributed by atoms with van der Waals surface area (Å²) in [5.41, 5.74) is 4.56. The quantitative estimate of drug-likeness (QED) is 0.788. The van der Waals surface area contributed by atoms with Crippen molar-refractivity contribution in [2.75, 3.05) is 31.1 Å². The summed E-state index contributed by atoms with van der Waals surface area (Å²) in [7, 11) is 0. The molecule has 0 atom stereocenters. The molecule has 0 unspecified atom stereocenters. The number of aromatic nitrogens is 2. The lowest BCUT2D eigenvalue weighted by molar-refractivity contribution is -0.139. The van der Waals surface area contributed by atoms with Crippen molar-refractivity contribution >= 4 is 11.7 Å². The van der Waals surface area contributed by atoms with Gasteiger partial charge < -0.3 is 9.80 Å². The number of carbonyl (C=O) groups excluding carboxylic acids is 1. The Labute approximate surface area is 175 Å². The molecule has 5 nitrogen and oxygen atoms in total. The fraction of sp³-hybridized carbons (Fsp3) is 0.542. The summed E-state index contributed by atoms with van der Waals surface area (Å²) in [5, 5.41) is 0. The minimum atomic E-state index is -0.334. The third-order valence-electron chi connectivity index (χ3n) is 5.53. The summed E-state index contributed by atoms with van der Waals surface area (Å²) in [6, 6.07) is 8.70. The second-order valence-corrected chi connectivity index (χ2v) is 9.06. The Balaban J connectivity index is 1.86. The molecule has 0 saturated carbocycles. The summed E-state index contributed by atoms with van der Waals surface area (Å²) < 4.78 is 0. The van der Waals surface area contributed by atoms with Gasteiger partial charge in [0.15, 0.2) is 0 Å². The normalized spacial score (nSPS) is 15.0. The number of hydrogen-bond donors (Lipinski definition) is 0. The molecule has 1 saturated heterocycles. The molecule has 0 radical (unpaired) electrons. The molecule has 0 spiro atoms. The van der Waals surface area contributed by atoms with Crippen molar-refractivity contribution < 1.29 is 4.79 Å². The lowest BCUT2D eigenvalue weighted by atomic mass is 9.94. The number of benzene rings is 1. The predicted octanol–water partition coefficient (Wildman–Crippen LogP) is 3.94. The first-order valence-corrected chi connectivity index (χ1v) is 10.6. The van der Waals surface area contributed by atoms with E-state index in [1.807, 2.05) is 32.6 Å². The summed E-state index contributed by atoms with van der Waals surface area (Å²) in [4.78, 5) is 26.5. The molecule has 2 heterocycles. The van der Waals surface area contributed by atoms with Gasteiger partial charge >= 0.3 is 0 Å². The highest BCUT2D eigenvalue weighted by atomic mass is 16.2. The van der Waals surface area contributed by atoms with E-state index in [2.05, 4.69) is 43.0 Å². The van der Waals surface area contributed by atoms with Crippen LogP contribution in [0.2, 0.25) is 0 Å². The van der Waals surface area contributed by atoms with Gasteiger partial charge in [0.2, 0.25) is 5.91 Å². The maximum absolute atomic E-state index is 12.6. The van der Waals surface area contributed by atoms with Gasteiger partial charge in [-0.3, -0.25) is 4.79 Å². The van der Waals surface area contributed by atoms with E-state index in [1.165, 1.54) is 16.7 Å². The molecule has 0 N–H and O–H groups in total.